The first-order valence-corrected chi connectivity index (χ1v) is 6.42. The minimum absolute atomic E-state index is 0.115. The van der Waals surface area contributed by atoms with E-state index in [4.69, 9.17) is 9.84 Å². The third kappa shape index (κ3) is 3.60. The molecule has 0 spiro atoms. The van der Waals surface area contributed by atoms with E-state index in [0.29, 0.717) is 6.42 Å². The molecular weight excluding hydrogens is 258 g/mol. The Balaban J connectivity index is 1.84. The lowest BCUT2D eigenvalue weighted by atomic mass is 10.1. The number of rotatable bonds is 5. The molecule has 106 valence electrons. The van der Waals surface area contributed by atoms with Gasteiger partial charge in [-0.25, -0.2) is 0 Å². The maximum Gasteiger partial charge on any atom is 0.310 e. The van der Waals surface area contributed by atoms with Crippen molar-refractivity contribution in [2.24, 2.45) is 5.92 Å². The average Bonchev–Trinajstić information content (AvgIpc) is 2.88. The maximum atomic E-state index is 11.9. The summed E-state index contributed by atoms with van der Waals surface area (Å²) in [6, 6.07) is 7.09. The second kappa shape index (κ2) is 6.23. The highest BCUT2D eigenvalue weighted by atomic mass is 16.5. The highest BCUT2D eigenvalue weighted by Crippen LogP contribution is 2.18. The zero-order chi connectivity index (χ0) is 14.5. The van der Waals surface area contributed by atoms with E-state index in [1.165, 1.54) is 0 Å². The number of hydrogen-bond acceptors (Lipinski definition) is 3. The van der Waals surface area contributed by atoms with Crippen LogP contribution in [0.5, 0.6) is 5.75 Å². The van der Waals surface area contributed by atoms with Crippen molar-refractivity contribution in [3.8, 4) is 5.75 Å². The van der Waals surface area contributed by atoms with Crippen molar-refractivity contribution in [2.75, 3.05) is 7.11 Å². The number of hydrogen-bond donors (Lipinski definition) is 2. The van der Waals surface area contributed by atoms with Gasteiger partial charge < -0.3 is 15.2 Å². The van der Waals surface area contributed by atoms with E-state index >= 15 is 0 Å². The van der Waals surface area contributed by atoms with Crippen molar-refractivity contribution in [2.45, 2.75) is 18.9 Å². The van der Waals surface area contributed by atoms with Crippen LogP contribution in [-0.4, -0.2) is 30.1 Å². The van der Waals surface area contributed by atoms with Gasteiger partial charge in [0, 0.05) is 6.04 Å². The molecule has 0 fully saturated rings. The van der Waals surface area contributed by atoms with Crippen molar-refractivity contribution >= 4 is 11.9 Å². The molecule has 0 saturated heterocycles. The maximum absolute atomic E-state index is 11.9. The summed E-state index contributed by atoms with van der Waals surface area (Å²) in [5, 5.41) is 11.7. The van der Waals surface area contributed by atoms with Crippen LogP contribution in [0.1, 0.15) is 12.0 Å². The predicted molar refractivity (Wildman–Crippen MR) is 73.5 cm³/mol. The lowest BCUT2D eigenvalue weighted by Crippen LogP contribution is -2.34. The van der Waals surface area contributed by atoms with Crippen LogP contribution >= 0.6 is 0 Å². The Morgan fingerprint density at radius 3 is 2.55 bits per heavy atom. The van der Waals surface area contributed by atoms with E-state index in [9.17, 15) is 9.59 Å². The van der Waals surface area contributed by atoms with Gasteiger partial charge in [-0.2, -0.15) is 0 Å². The molecule has 0 saturated carbocycles. The lowest BCUT2D eigenvalue weighted by molar-refractivity contribution is -0.140. The first kappa shape index (κ1) is 14.1. The Kier molecular flexibility index (Phi) is 4.40. The van der Waals surface area contributed by atoms with Crippen LogP contribution < -0.4 is 10.1 Å². The SMILES string of the molecule is COc1ccc(CC(=O)NC2C=CC(C(=O)O)C2)cc1. The number of ether oxygens (including phenoxy) is 1. The van der Waals surface area contributed by atoms with E-state index in [-0.39, 0.29) is 18.4 Å². The number of benzene rings is 1. The van der Waals surface area contributed by atoms with Crippen molar-refractivity contribution in [1.29, 1.82) is 0 Å². The zero-order valence-corrected chi connectivity index (χ0v) is 11.2. The van der Waals surface area contributed by atoms with E-state index < -0.39 is 11.9 Å². The van der Waals surface area contributed by atoms with E-state index in [0.717, 1.165) is 11.3 Å². The summed E-state index contributed by atoms with van der Waals surface area (Å²) < 4.78 is 5.05. The summed E-state index contributed by atoms with van der Waals surface area (Å²) in [4.78, 5) is 22.7. The van der Waals surface area contributed by atoms with Crippen LogP contribution in [0.2, 0.25) is 0 Å². The summed E-state index contributed by atoms with van der Waals surface area (Å²) in [6.45, 7) is 0. The van der Waals surface area contributed by atoms with Gasteiger partial charge in [-0.15, -0.1) is 0 Å². The normalized spacial score (nSPS) is 20.6. The van der Waals surface area contributed by atoms with Gasteiger partial charge in [-0.1, -0.05) is 24.3 Å². The molecule has 2 atom stereocenters. The number of methoxy groups -OCH3 is 1. The molecule has 1 aliphatic carbocycles. The number of carbonyl (C=O) groups excluding carboxylic acids is 1. The highest BCUT2D eigenvalue weighted by molar-refractivity contribution is 5.79. The van der Waals surface area contributed by atoms with Gasteiger partial charge >= 0.3 is 5.97 Å². The van der Waals surface area contributed by atoms with Crippen molar-refractivity contribution in [3.63, 3.8) is 0 Å². The topological polar surface area (TPSA) is 75.6 Å². The van der Waals surface area contributed by atoms with E-state index in [2.05, 4.69) is 5.32 Å². The van der Waals surface area contributed by atoms with Crippen molar-refractivity contribution < 1.29 is 19.4 Å². The molecule has 5 heteroatoms. The smallest absolute Gasteiger partial charge is 0.310 e. The molecule has 0 heterocycles. The third-order valence-corrected chi connectivity index (χ3v) is 3.27. The van der Waals surface area contributed by atoms with Crippen molar-refractivity contribution in [3.05, 3.63) is 42.0 Å². The van der Waals surface area contributed by atoms with Gasteiger partial charge in [0.05, 0.1) is 19.4 Å². The molecule has 1 aromatic carbocycles. The van der Waals surface area contributed by atoms with E-state index in [1.54, 1.807) is 31.4 Å². The standard InChI is InChI=1S/C15H17NO4/c1-20-13-6-2-10(3-7-13)8-14(17)16-12-5-4-11(9-12)15(18)19/h2-7,11-12H,8-9H2,1H3,(H,16,17)(H,18,19). The number of nitrogens with one attached hydrogen (secondary N) is 1. The summed E-state index contributed by atoms with van der Waals surface area (Å²) in [5.74, 6) is -0.720. The Labute approximate surface area is 117 Å². The fraction of sp³-hybridized carbons (Fsp3) is 0.333. The first-order valence-electron chi connectivity index (χ1n) is 6.42. The zero-order valence-electron chi connectivity index (χ0n) is 11.2. The first-order chi connectivity index (χ1) is 9.58. The predicted octanol–water partition coefficient (Wildman–Crippen LogP) is 1.38. The van der Waals surface area contributed by atoms with Crippen LogP contribution in [0.3, 0.4) is 0 Å². The molecule has 0 aliphatic heterocycles. The molecule has 2 unspecified atom stereocenters. The largest absolute Gasteiger partial charge is 0.497 e. The fourth-order valence-corrected chi connectivity index (χ4v) is 2.18. The number of amides is 1. The van der Waals surface area contributed by atoms with Gasteiger partial charge in [0.25, 0.3) is 0 Å². The second-order valence-corrected chi connectivity index (χ2v) is 4.76. The molecule has 1 aliphatic rings. The molecule has 0 radical (unpaired) electrons. The fourth-order valence-electron chi connectivity index (χ4n) is 2.18. The summed E-state index contributed by atoms with van der Waals surface area (Å²) in [5.41, 5.74) is 0.889. The lowest BCUT2D eigenvalue weighted by Gasteiger charge is -2.12. The summed E-state index contributed by atoms with van der Waals surface area (Å²) >= 11 is 0. The van der Waals surface area contributed by atoms with Crippen LogP contribution in [0.25, 0.3) is 0 Å². The quantitative estimate of drug-likeness (QED) is 0.796. The van der Waals surface area contributed by atoms with Gasteiger partial charge in [0.2, 0.25) is 5.91 Å². The second-order valence-electron chi connectivity index (χ2n) is 4.76. The molecule has 0 aromatic heterocycles. The van der Waals surface area contributed by atoms with Crippen LogP contribution in [-0.2, 0) is 16.0 Å². The van der Waals surface area contributed by atoms with Gasteiger partial charge in [0.1, 0.15) is 5.75 Å². The van der Waals surface area contributed by atoms with Crippen LogP contribution in [0.4, 0.5) is 0 Å². The molecule has 2 rings (SSSR count). The minimum Gasteiger partial charge on any atom is -0.497 e. The molecule has 0 bridgehead atoms. The Morgan fingerprint density at radius 1 is 1.30 bits per heavy atom. The number of carboxylic acids is 1. The Bertz CT molecular complexity index is 521. The van der Waals surface area contributed by atoms with Crippen molar-refractivity contribution in [1.82, 2.24) is 5.32 Å². The van der Waals surface area contributed by atoms with Crippen LogP contribution in [0, 0.1) is 5.92 Å². The average molecular weight is 275 g/mol. The molecule has 1 amide bonds. The van der Waals surface area contributed by atoms with Crippen LogP contribution in [0.15, 0.2) is 36.4 Å². The van der Waals surface area contributed by atoms with Gasteiger partial charge in [-0.3, -0.25) is 9.59 Å². The number of carbonyl (C=O) groups is 2. The minimum atomic E-state index is -0.854. The molecule has 5 nitrogen and oxygen atoms in total. The van der Waals surface area contributed by atoms with Gasteiger partial charge in [-0.05, 0) is 24.1 Å². The summed E-state index contributed by atoms with van der Waals surface area (Å²) in [6.07, 6.45) is 4.06. The molecule has 20 heavy (non-hydrogen) atoms. The summed E-state index contributed by atoms with van der Waals surface area (Å²) in [7, 11) is 1.59. The third-order valence-electron chi connectivity index (χ3n) is 3.27. The molecule has 1 aromatic rings. The van der Waals surface area contributed by atoms with E-state index in [1.807, 2.05) is 12.1 Å². The number of aliphatic carboxylic acids is 1. The number of carboxylic acid groups (broad SMARTS) is 1. The highest BCUT2D eigenvalue weighted by Gasteiger charge is 2.25. The molecule has 2 N–H and O–H groups in total. The Morgan fingerprint density at radius 2 is 2.00 bits per heavy atom. The monoisotopic (exact) mass is 275 g/mol. The molecular formula is C15H17NO4. The Hall–Kier alpha value is -2.30. The van der Waals surface area contributed by atoms with Gasteiger partial charge in [0.15, 0.2) is 0 Å².